The van der Waals surface area contributed by atoms with Crippen molar-refractivity contribution in [1.29, 1.82) is 0 Å². The van der Waals surface area contributed by atoms with Gasteiger partial charge in [-0.05, 0) is 61.2 Å². The van der Waals surface area contributed by atoms with Crippen molar-refractivity contribution < 1.29 is 13.2 Å². The zero-order chi connectivity index (χ0) is 18.9. The summed E-state index contributed by atoms with van der Waals surface area (Å²) in [6, 6.07) is 9.80. The second kappa shape index (κ2) is 7.62. The van der Waals surface area contributed by atoms with Gasteiger partial charge in [-0.2, -0.15) is 13.2 Å². The third-order valence-electron chi connectivity index (χ3n) is 4.31. The van der Waals surface area contributed by atoms with Gasteiger partial charge in [0.25, 0.3) is 0 Å². The molecule has 7 heteroatoms. The van der Waals surface area contributed by atoms with Gasteiger partial charge < -0.3 is 10.7 Å². The van der Waals surface area contributed by atoms with E-state index in [2.05, 4.69) is 20.9 Å². The molecule has 0 spiro atoms. The maximum absolute atomic E-state index is 13.5. The van der Waals surface area contributed by atoms with E-state index in [4.69, 9.17) is 17.3 Å². The van der Waals surface area contributed by atoms with E-state index in [9.17, 15) is 13.2 Å². The Kier molecular flexibility index (Phi) is 5.65. The molecule has 0 atom stereocenters. The van der Waals surface area contributed by atoms with Gasteiger partial charge in [-0.25, -0.2) is 0 Å². The van der Waals surface area contributed by atoms with Crippen LogP contribution in [0.5, 0.6) is 0 Å². The van der Waals surface area contributed by atoms with Crippen molar-refractivity contribution in [3.8, 4) is 11.3 Å². The minimum Gasteiger partial charge on any atom is -0.354 e. The largest absolute Gasteiger partial charge is 0.418 e. The molecule has 138 valence electrons. The Hall–Kier alpha value is -1.50. The van der Waals surface area contributed by atoms with Crippen LogP contribution in [0.3, 0.4) is 0 Å². The van der Waals surface area contributed by atoms with Gasteiger partial charge in [-0.1, -0.05) is 39.7 Å². The van der Waals surface area contributed by atoms with Crippen LogP contribution < -0.4 is 5.73 Å². The average molecular weight is 446 g/mol. The summed E-state index contributed by atoms with van der Waals surface area (Å²) in [6.45, 7) is 0.538. The molecule has 1 aromatic heterocycles. The second-order valence-corrected chi connectivity index (χ2v) is 7.40. The Morgan fingerprint density at radius 1 is 1.12 bits per heavy atom. The molecule has 2 aromatic carbocycles. The summed E-state index contributed by atoms with van der Waals surface area (Å²) >= 11 is 9.72. The molecule has 0 amide bonds. The van der Waals surface area contributed by atoms with Crippen molar-refractivity contribution in [1.82, 2.24) is 4.98 Å². The van der Waals surface area contributed by atoms with E-state index >= 15 is 0 Å². The minimum atomic E-state index is -4.46. The summed E-state index contributed by atoms with van der Waals surface area (Å²) in [5, 5.41) is 0.752. The molecule has 3 rings (SSSR count). The second-order valence-electron chi connectivity index (χ2n) is 6.08. The van der Waals surface area contributed by atoms with Crippen molar-refractivity contribution in [2.75, 3.05) is 6.54 Å². The van der Waals surface area contributed by atoms with Crippen LogP contribution in [0.4, 0.5) is 13.2 Å². The molecule has 1 heterocycles. The molecule has 26 heavy (non-hydrogen) atoms. The molecule has 2 nitrogen and oxygen atoms in total. The fraction of sp³-hybridized carbons (Fsp3) is 0.263. The molecule has 3 aromatic rings. The number of fused-ring (bicyclic) bond motifs is 1. The van der Waals surface area contributed by atoms with Crippen LogP contribution >= 0.6 is 27.5 Å². The molecular weight excluding hydrogens is 429 g/mol. The Balaban J connectivity index is 2.28. The maximum Gasteiger partial charge on any atom is 0.418 e. The first-order valence-electron chi connectivity index (χ1n) is 8.19. The van der Waals surface area contributed by atoms with Gasteiger partial charge in [-0.15, -0.1) is 0 Å². The average Bonchev–Trinajstić information content (AvgIpc) is 2.94. The summed E-state index contributed by atoms with van der Waals surface area (Å²) in [4.78, 5) is 2.99. The summed E-state index contributed by atoms with van der Waals surface area (Å²) in [6.07, 6.45) is -2.30. The standard InChI is InChI=1S/C19H17BrClF3N2/c20-12-5-3-4-11(10-12)17-13(6-1-2-9-25)16-15(21)8-7-14(18(16)26-17)19(22,23)24/h3-5,7-8,10,26H,1-2,6,9,25H2. The molecule has 0 unspecified atom stereocenters. The van der Waals surface area contributed by atoms with Crippen molar-refractivity contribution in [3.05, 3.63) is 57.0 Å². The molecule has 0 aliphatic carbocycles. The Morgan fingerprint density at radius 3 is 2.54 bits per heavy atom. The highest BCUT2D eigenvalue weighted by Gasteiger charge is 2.34. The zero-order valence-corrected chi connectivity index (χ0v) is 16.1. The number of nitrogens with two attached hydrogens (primary N) is 1. The molecule has 0 fully saturated rings. The number of hydrogen-bond acceptors (Lipinski definition) is 1. The van der Waals surface area contributed by atoms with Crippen LogP contribution in [-0.2, 0) is 12.6 Å². The number of nitrogens with one attached hydrogen (secondary N) is 1. The smallest absolute Gasteiger partial charge is 0.354 e. The maximum atomic E-state index is 13.5. The number of H-pyrrole nitrogens is 1. The van der Waals surface area contributed by atoms with Crippen LogP contribution in [0.15, 0.2) is 40.9 Å². The van der Waals surface area contributed by atoms with Crippen molar-refractivity contribution in [2.24, 2.45) is 5.73 Å². The van der Waals surface area contributed by atoms with Crippen molar-refractivity contribution >= 4 is 38.4 Å². The van der Waals surface area contributed by atoms with Crippen molar-refractivity contribution in [2.45, 2.75) is 25.4 Å². The molecule has 0 aliphatic rings. The van der Waals surface area contributed by atoms with E-state index in [-0.39, 0.29) is 5.52 Å². The number of aromatic nitrogens is 1. The van der Waals surface area contributed by atoms with E-state index in [0.29, 0.717) is 29.1 Å². The van der Waals surface area contributed by atoms with E-state index in [1.54, 1.807) is 0 Å². The Morgan fingerprint density at radius 2 is 1.88 bits per heavy atom. The summed E-state index contributed by atoms with van der Waals surface area (Å²) in [5.41, 5.74) is 7.16. The lowest BCUT2D eigenvalue weighted by atomic mass is 9.99. The van der Waals surface area contributed by atoms with Gasteiger partial charge in [0.15, 0.2) is 0 Å². The Labute approximate surface area is 162 Å². The number of aromatic amines is 1. The lowest BCUT2D eigenvalue weighted by Gasteiger charge is -2.09. The number of unbranched alkanes of at least 4 members (excludes halogenated alkanes) is 1. The minimum absolute atomic E-state index is 0.0303. The molecule has 0 saturated heterocycles. The monoisotopic (exact) mass is 444 g/mol. The third kappa shape index (κ3) is 3.77. The highest BCUT2D eigenvalue weighted by Crippen LogP contribution is 2.42. The highest BCUT2D eigenvalue weighted by atomic mass is 79.9. The van der Waals surface area contributed by atoms with E-state index < -0.39 is 11.7 Å². The topological polar surface area (TPSA) is 41.8 Å². The number of hydrogen-bond donors (Lipinski definition) is 2. The molecule has 0 radical (unpaired) electrons. The lowest BCUT2D eigenvalue weighted by molar-refractivity contribution is -0.136. The summed E-state index contributed by atoms with van der Waals surface area (Å²) < 4.78 is 41.3. The first-order valence-corrected chi connectivity index (χ1v) is 9.36. The molecule has 0 aliphatic heterocycles. The first-order chi connectivity index (χ1) is 12.3. The van der Waals surface area contributed by atoms with Gasteiger partial charge in [0.1, 0.15) is 0 Å². The van der Waals surface area contributed by atoms with Crippen molar-refractivity contribution in [3.63, 3.8) is 0 Å². The predicted molar refractivity (Wildman–Crippen MR) is 103 cm³/mol. The lowest BCUT2D eigenvalue weighted by Crippen LogP contribution is -2.05. The zero-order valence-electron chi connectivity index (χ0n) is 13.8. The van der Waals surface area contributed by atoms with Crippen LogP contribution in [0, 0.1) is 0 Å². The van der Waals surface area contributed by atoms with E-state index in [0.717, 1.165) is 34.5 Å². The molecule has 0 bridgehead atoms. The summed E-state index contributed by atoms with van der Waals surface area (Å²) in [5.74, 6) is 0. The normalized spacial score (nSPS) is 12.1. The summed E-state index contributed by atoms with van der Waals surface area (Å²) in [7, 11) is 0. The number of benzene rings is 2. The van der Waals surface area contributed by atoms with Gasteiger partial charge >= 0.3 is 6.18 Å². The van der Waals surface area contributed by atoms with Crippen LogP contribution in [0.2, 0.25) is 5.02 Å². The molecule has 0 saturated carbocycles. The van der Waals surface area contributed by atoms with Crippen LogP contribution in [0.1, 0.15) is 24.0 Å². The number of halogens is 5. The molecular formula is C19H17BrClF3N2. The van der Waals surface area contributed by atoms with Crippen LogP contribution in [0.25, 0.3) is 22.2 Å². The number of rotatable bonds is 5. The fourth-order valence-electron chi connectivity index (χ4n) is 3.15. The first kappa shape index (κ1) is 19.3. The number of aryl methyl sites for hydroxylation is 1. The fourth-order valence-corrected chi connectivity index (χ4v) is 3.82. The van der Waals surface area contributed by atoms with E-state index in [1.165, 1.54) is 6.07 Å². The van der Waals surface area contributed by atoms with E-state index in [1.807, 2.05) is 24.3 Å². The SMILES string of the molecule is NCCCCc1c(-c2cccc(Br)c2)[nH]c2c(C(F)(F)F)ccc(Cl)c12. The van der Waals surface area contributed by atoms with Gasteiger partial charge in [0, 0.05) is 15.6 Å². The molecule has 3 N–H and O–H groups in total. The predicted octanol–water partition coefficient (Wildman–Crippen LogP) is 6.55. The van der Waals surface area contributed by atoms with Crippen LogP contribution in [-0.4, -0.2) is 11.5 Å². The van der Waals surface area contributed by atoms with Gasteiger partial charge in [0.05, 0.1) is 16.1 Å². The van der Waals surface area contributed by atoms with Gasteiger partial charge in [-0.3, -0.25) is 0 Å². The quantitative estimate of drug-likeness (QED) is 0.430. The van der Waals surface area contributed by atoms with Gasteiger partial charge in [0.2, 0.25) is 0 Å². The number of alkyl halides is 3. The Bertz CT molecular complexity index is 934. The highest BCUT2D eigenvalue weighted by molar-refractivity contribution is 9.10. The third-order valence-corrected chi connectivity index (χ3v) is 5.12.